The van der Waals surface area contributed by atoms with Crippen molar-refractivity contribution in [2.45, 2.75) is 51.3 Å². The molecule has 2 aliphatic rings. The fraction of sp³-hybridized carbons (Fsp3) is 0.400. The maximum atomic E-state index is 13.1. The SMILES string of the molecule is C[Si](C)(C)CCOCn1cnc2cc(C(C3CC3)N3C(=O)c4ccccc4C3=O)ccc21. The number of imide groups is 1. The first-order chi connectivity index (χ1) is 15.3. The van der Waals surface area contributed by atoms with Gasteiger partial charge in [0.25, 0.3) is 11.8 Å². The summed E-state index contributed by atoms with van der Waals surface area (Å²) in [6.45, 7) is 8.27. The van der Waals surface area contributed by atoms with Crippen LogP contribution in [-0.2, 0) is 11.5 Å². The van der Waals surface area contributed by atoms with Gasteiger partial charge in [0.05, 0.1) is 34.5 Å². The molecule has 3 aromatic rings. The van der Waals surface area contributed by atoms with E-state index < -0.39 is 8.07 Å². The Kier molecular flexibility index (Phi) is 5.26. The van der Waals surface area contributed by atoms with Crippen LogP contribution in [0, 0.1) is 5.92 Å². The van der Waals surface area contributed by atoms with Crippen molar-refractivity contribution in [2.75, 3.05) is 6.61 Å². The van der Waals surface area contributed by atoms with Crippen LogP contribution in [0.2, 0.25) is 25.7 Å². The van der Waals surface area contributed by atoms with Crippen LogP contribution >= 0.6 is 0 Å². The minimum Gasteiger partial charge on any atom is -0.361 e. The van der Waals surface area contributed by atoms with Crippen LogP contribution in [0.5, 0.6) is 0 Å². The largest absolute Gasteiger partial charge is 0.361 e. The van der Waals surface area contributed by atoms with Crippen LogP contribution < -0.4 is 0 Å². The van der Waals surface area contributed by atoms with E-state index in [-0.39, 0.29) is 17.9 Å². The van der Waals surface area contributed by atoms with Crippen molar-refractivity contribution >= 4 is 30.9 Å². The molecule has 2 aromatic carbocycles. The molecule has 0 bridgehead atoms. The van der Waals surface area contributed by atoms with Crippen molar-refractivity contribution in [1.29, 1.82) is 0 Å². The third-order valence-electron chi connectivity index (χ3n) is 6.39. The lowest BCUT2D eigenvalue weighted by atomic mass is 10.00. The highest BCUT2D eigenvalue weighted by atomic mass is 28.3. The maximum absolute atomic E-state index is 13.1. The molecule has 1 aliphatic heterocycles. The summed E-state index contributed by atoms with van der Waals surface area (Å²) in [6, 6.07) is 14.1. The minimum absolute atomic E-state index is 0.191. The molecule has 1 atom stereocenters. The van der Waals surface area contributed by atoms with E-state index in [1.807, 2.05) is 34.9 Å². The van der Waals surface area contributed by atoms with E-state index in [2.05, 4.69) is 24.6 Å². The Morgan fingerprint density at radius 3 is 2.38 bits per heavy atom. The van der Waals surface area contributed by atoms with Crippen LogP contribution in [0.25, 0.3) is 11.0 Å². The highest BCUT2D eigenvalue weighted by molar-refractivity contribution is 6.76. The zero-order valence-electron chi connectivity index (χ0n) is 18.9. The van der Waals surface area contributed by atoms with E-state index >= 15 is 0 Å². The summed E-state index contributed by atoms with van der Waals surface area (Å²) in [5.74, 6) is -0.0745. The fourth-order valence-corrected chi connectivity index (χ4v) is 5.17. The van der Waals surface area contributed by atoms with Gasteiger partial charge in [0.2, 0.25) is 0 Å². The number of nitrogens with zero attached hydrogens (tertiary/aromatic N) is 3. The number of rotatable bonds is 8. The van der Waals surface area contributed by atoms with Crippen molar-refractivity contribution in [3.05, 3.63) is 65.5 Å². The second-order valence-corrected chi connectivity index (χ2v) is 15.7. The number of carbonyl (C=O) groups is 2. The lowest BCUT2D eigenvalue weighted by Gasteiger charge is -2.26. The normalized spacial score (nSPS) is 17.3. The summed E-state index contributed by atoms with van der Waals surface area (Å²) in [6.07, 6.45) is 3.85. The van der Waals surface area contributed by atoms with Gasteiger partial charge in [-0.05, 0) is 54.6 Å². The second kappa shape index (κ2) is 7.97. The highest BCUT2D eigenvalue weighted by Crippen LogP contribution is 2.47. The summed E-state index contributed by atoms with van der Waals surface area (Å²) < 4.78 is 7.90. The zero-order valence-corrected chi connectivity index (χ0v) is 19.9. The molecule has 2 heterocycles. The van der Waals surface area contributed by atoms with Gasteiger partial charge in [0.1, 0.15) is 6.73 Å². The molecular formula is C25H29N3O3Si. The Morgan fingerprint density at radius 1 is 1.06 bits per heavy atom. The lowest BCUT2D eigenvalue weighted by molar-refractivity contribution is 0.0562. The van der Waals surface area contributed by atoms with E-state index in [1.165, 1.54) is 4.90 Å². The van der Waals surface area contributed by atoms with E-state index in [0.717, 1.165) is 42.1 Å². The summed E-state index contributed by atoms with van der Waals surface area (Å²) in [4.78, 5) is 32.3. The van der Waals surface area contributed by atoms with Gasteiger partial charge in [-0.15, -0.1) is 0 Å². The number of imidazole rings is 1. The Morgan fingerprint density at radius 2 is 1.75 bits per heavy atom. The lowest BCUT2D eigenvalue weighted by Crippen LogP contribution is -2.35. The smallest absolute Gasteiger partial charge is 0.262 e. The van der Waals surface area contributed by atoms with E-state index in [1.54, 1.807) is 18.5 Å². The number of carbonyl (C=O) groups excluding carboxylic acids is 2. The van der Waals surface area contributed by atoms with E-state index in [0.29, 0.717) is 23.8 Å². The first-order valence-electron chi connectivity index (χ1n) is 11.3. The van der Waals surface area contributed by atoms with Gasteiger partial charge in [-0.25, -0.2) is 4.98 Å². The molecule has 0 spiro atoms. The third kappa shape index (κ3) is 3.91. The van der Waals surface area contributed by atoms with Crippen molar-refractivity contribution in [3.63, 3.8) is 0 Å². The average molecular weight is 448 g/mol. The summed E-state index contributed by atoms with van der Waals surface area (Å²) in [5, 5.41) is 0. The number of ether oxygens (including phenoxy) is 1. The fourth-order valence-electron chi connectivity index (χ4n) is 4.41. The van der Waals surface area contributed by atoms with Gasteiger partial charge < -0.3 is 9.30 Å². The third-order valence-corrected chi connectivity index (χ3v) is 8.09. The Balaban J connectivity index is 1.39. The summed E-state index contributed by atoms with van der Waals surface area (Å²) >= 11 is 0. The van der Waals surface area contributed by atoms with Gasteiger partial charge in [-0.3, -0.25) is 14.5 Å². The number of fused-ring (bicyclic) bond motifs is 2. The van der Waals surface area contributed by atoms with Gasteiger partial charge >= 0.3 is 0 Å². The molecule has 1 fully saturated rings. The number of hydrogen-bond acceptors (Lipinski definition) is 4. The standard InChI is InChI=1S/C25H29N3O3Si/c1-32(2,3)13-12-31-16-27-15-26-21-14-18(10-11-22(21)27)23(17-8-9-17)28-24(29)19-6-4-5-7-20(19)25(28)30/h4-7,10-11,14-15,17,23H,8-9,12-13,16H2,1-3H3. The van der Waals surface area contributed by atoms with Crippen molar-refractivity contribution in [2.24, 2.45) is 5.92 Å². The van der Waals surface area contributed by atoms with E-state index in [9.17, 15) is 9.59 Å². The van der Waals surface area contributed by atoms with Crippen LogP contribution in [0.4, 0.5) is 0 Å². The average Bonchev–Trinajstić information content (AvgIpc) is 3.47. The number of amides is 2. The predicted octanol–water partition coefficient (Wildman–Crippen LogP) is 5.10. The zero-order chi connectivity index (χ0) is 22.5. The van der Waals surface area contributed by atoms with Crippen LogP contribution in [0.1, 0.15) is 45.2 Å². The molecule has 6 nitrogen and oxygen atoms in total. The predicted molar refractivity (Wildman–Crippen MR) is 126 cm³/mol. The summed E-state index contributed by atoms with van der Waals surface area (Å²) in [5.41, 5.74) is 3.84. The second-order valence-electron chi connectivity index (χ2n) is 10.1. The van der Waals surface area contributed by atoms with Crippen molar-refractivity contribution in [1.82, 2.24) is 14.5 Å². The first kappa shape index (κ1) is 21.1. The van der Waals surface area contributed by atoms with Crippen molar-refractivity contribution < 1.29 is 14.3 Å². The molecule has 5 rings (SSSR count). The molecule has 0 N–H and O–H groups in total. The molecule has 2 amide bonds. The molecule has 7 heteroatoms. The Labute approximate surface area is 189 Å². The quantitative estimate of drug-likeness (QED) is 0.274. The monoisotopic (exact) mass is 447 g/mol. The van der Waals surface area contributed by atoms with E-state index in [4.69, 9.17) is 4.74 Å². The number of benzene rings is 2. The molecule has 166 valence electrons. The molecule has 1 aliphatic carbocycles. The summed E-state index contributed by atoms with van der Waals surface area (Å²) in [7, 11) is -1.12. The molecule has 32 heavy (non-hydrogen) atoms. The molecule has 0 radical (unpaired) electrons. The van der Waals surface area contributed by atoms with Crippen LogP contribution in [-0.4, -0.2) is 40.9 Å². The Hall–Kier alpha value is -2.77. The van der Waals surface area contributed by atoms with Crippen molar-refractivity contribution in [3.8, 4) is 0 Å². The van der Waals surface area contributed by atoms with Crippen LogP contribution in [0.15, 0.2) is 48.8 Å². The minimum atomic E-state index is -1.12. The van der Waals surface area contributed by atoms with Gasteiger partial charge in [-0.1, -0.05) is 37.8 Å². The topological polar surface area (TPSA) is 64.4 Å². The number of hydrogen-bond donors (Lipinski definition) is 0. The molecule has 1 unspecified atom stereocenters. The van der Waals surface area contributed by atoms with Gasteiger partial charge in [0.15, 0.2) is 0 Å². The van der Waals surface area contributed by atoms with Gasteiger partial charge in [0, 0.05) is 14.7 Å². The molecule has 0 saturated heterocycles. The van der Waals surface area contributed by atoms with Gasteiger partial charge in [-0.2, -0.15) is 0 Å². The molecule has 1 aromatic heterocycles. The number of aromatic nitrogens is 2. The maximum Gasteiger partial charge on any atom is 0.262 e. The molecule has 1 saturated carbocycles. The first-order valence-corrected chi connectivity index (χ1v) is 15.0. The van der Waals surface area contributed by atoms with Crippen LogP contribution in [0.3, 0.4) is 0 Å². The Bertz CT molecular complexity index is 1160. The molecular weight excluding hydrogens is 418 g/mol. The highest BCUT2D eigenvalue weighted by Gasteiger charge is 2.46.